The van der Waals surface area contributed by atoms with Crippen LogP contribution in [0.1, 0.15) is 30.7 Å². The van der Waals surface area contributed by atoms with Gasteiger partial charge in [-0.2, -0.15) is 0 Å². The number of hydrazone groups is 1. The molecule has 2 heterocycles. The highest BCUT2D eigenvalue weighted by molar-refractivity contribution is 6.30. The lowest BCUT2D eigenvalue weighted by Gasteiger charge is -2.37. The number of hydrazine groups is 1. The number of nitrogens with two attached hydrogens (primary N) is 2. The molecule has 7 nitrogen and oxygen atoms in total. The van der Waals surface area contributed by atoms with Crippen molar-refractivity contribution < 1.29 is 4.39 Å². The second kappa shape index (κ2) is 10.1. The van der Waals surface area contributed by atoms with Crippen molar-refractivity contribution in [2.45, 2.75) is 26.8 Å². The molecule has 2 aromatic rings. The lowest BCUT2D eigenvalue weighted by Crippen LogP contribution is -2.46. The highest BCUT2D eigenvalue weighted by Crippen LogP contribution is 2.28. The van der Waals surface area contributed by atoms with Crippen molar-refractivity contribution >= 4 is 23.1 Å². The number of hydrogen-bond acceptors (Lipinski definition) is 6. The van der Waals surface area contributed by atoms with Gasteiger partial charge in [-0.05, 0) is 42.2 Å². The predicted molar refractivity (Wildman–Crippen MR) is 120 cm³/mol. The molecule has 1 aliphatic heterocycles. The van der Waals surface area contributed by atoms with Crippen molar-refractivity contribution in [3.63, 3.8) is 0 Å². The van der Waals surface area contributed by atoms with Crippen LogP contribution in [0.25, 0.3) is 0 Å². The highest BCUT2D eigenvalue weighted by Gasteiger charge is 2.24. The molecule has 1 saturated heterocycles. The smallest absolute Gasteiger partial charge is 0.157 e. The van der Waals surface area contributed by atoms with E-state index in [-0.39, 0.29) is 17.2 Å². The third-order valence-electron chi connectivity index (χ3n) is 5.10. The summed E-state index contributed by atoms with van der Waals surface area (Å²) in [5.41, 5.74) is 11.1. The van der Waals surface area contributed by atoms with Gasteiger partial charge in [0.25, 0.3) is 0 Å². The molecule has 0 radical (unpaired) electrons. The summed E-state index contributed by atoms with van der Waals surface area (Å²) in [6, 6.07) is 7.35. The van der Waals surface area contributed by atoms with Crippen molar-refractivity contribution in [1.82, 2.24) is 15.4 Å². The number of nitrogens with one attached hydrogen (secondary N) is 1. The number of amidine groups is 1. The maximum Gasteiger partial charge on any atom is 0.157 e. The fourth-order valence-electron chi connectivity index (χ4n) is 3.74. The molecule has 0 amide bonds. The van der Waals surface area contributed by atoms with Gasteiger partial charge in [0.2, 0.25) is 0 Å². The first-order valence-electron chi connectivity index (χ1n) is 10.1. The standard InChI is InChI=1S/C21H29ClFN7/c1-14(2)9-15-10-18(23)20(21(24)27-28-25)19(11-15)30-7-5-29(6-8-30)13-17-4-3-16(22)12-26-17/h3-4,10-12,14,28H,5-9,13,25H2,1-2H3,(H2,24,27). The Bertz CT molecular complexity index is 878. The number of piperazine rings is 1. The molecule has 1 aromatic carbocycles. The fourth-order valence-corrected chi connectivity index (χ4v) is 3.85. The molecule has 0 unspecified atom stereocenters. The zero-order valence-electron chi connectivity index (χ0n) is 17.4. The highest BCUT2D eigenvalue weighted by atomic mass is 35.5. The number of aromatic nitrogens is 1. The van der Waals surface area contributed by atoms with Gasteiger partial charge in [0.1, 0.15) is 5.82 Å². The van der Waals surface area contributed by atoms with Crippen LogP contribution in [0, 0.1) is 11.7 Å². The van der Waals surface area contributed by atoms with E-state index >= 15 is 4.39 Å². The Labute approximate surface area is 181 Å². The topological polar surface area (TPSA) is 95.8 Å². The summed E-state index contributed by atoms with van der Waals surface area (Å²) >= 11 is 5.92. The molecule has 1 fully saturated rings. The summed E-state index contributed by atoms with van der Waals surface area (Å²) in [6.07, 6.45) is 2.45. The van der Waals surface area contributed by atoms with E-state index in [0.717, 1.165) is 56.1 Å². The maximum atomic E-state index is 15.0. The summed E-state index contributed by atoms with van der Waals surface area (Å²) in [5, 5.41) is 4.44. The molecular formula is C21H29ClFN7. The monoisotopic (exact) mass is 433 g/mol. The lowest BCUT2D eigenvalue weighted by molar-refractivity contribution is 0.247. The van der Waals surface area contributed by atoms with E-state index in [9.17, 15) is 0 Å². The first kappa shape index (κ1) is 22.3. The summed E-state index contributed by atoms with van der Waals surface area (Å²) < 4.78 is 15.0. The molecule has 0 atom stereocenters. The van der Waals surface area contributed by atoms with Gasteiger partial charge in [0.05, 0.1) is 22.0 Å². The molecule has 1 aliphatic rings. The van der Waals surface area contributed by atoms with Crippen LogP contribution in [-0.4, -0.2) is 41.9 Å². The quantitative estimate of drug-likeness (QED) is 0.269. The Morgan fingerprint density at radius 2 is 2.00 bits per heavy atom. The Balaban J connectivity index is 1.79. The number of anilines is 1. The molecule has 0 spiro atoms. The average Bonchev–Trinajstić information content (AvgIpc) is 2.69. The minimum Gasteiger partial charge on any atom is -0.382 e. The zero-order valence-corrected chi connectivity index (χ0v) is 18.2. The Kier molecular flexibility index (Phi) is 7.47. The number of rotatable bonds is 7. The Morgan fingerprint density at radius 1 is 1.27 bits per heavy atom. The molecule has 0 aliphatic carbocycles. The molecule has 5 N–H and O–H groups in total. The van der Waals surface area contributed by atoms with E-state index in [0.29, 0.717) is 10.9 Å². The molecule has 0 saturated carbocycles. The van der Waals surface area contributed by atoms with Crippen molar-refractivity contribution in [3.05, 3.63) is 58.1 Å². The van der Waals surface area contributed by atoms with E-state index in [1.54, 1.807) is 12.3 Å². The van der Waals surface area contributed by atoms with Crippen LogP contribution < -0.4 is 22.0 Å². The first-order valence-corrected chi connectivity index (χ1v) is 10.4. The van der Waals surface area contributed by atoms with E-state index < -0.39 is 0 Å². The lowest BCUT2D eigenvalue weighted by atomic mass is 9.98. The van der Waals surface area contributed by atoms with Crippen LogP contribution >= 0.6 is 11.6 Å². The van der Waals surface area contributed by atoms with Crippen LogP contribution in [0.2, 0.25) is 5.02 Å². The van der Waals surface area contributed by atoms with Gasteiger partial charge in [-0.15, -0.1) is 5.10 Å². The second-order valence-electron chi connectivity index (χ2n) is 7.93. The largest absolute Gasteiger partial charge is 0.382 e. The van der Waals surface area contributed by atoms with E-state index in [1.165, 1.54) is 0 Å². The summed E-state index contributed by atoms with van der Waals surface area (Å²) in [7, 11) is 0. The summed E-state index contributed by atoms with van der Waals surface area (Å²) in [5.74, 6) is 5.34. The number of hydrogen-bond donors (Lipinski definition) is 3. The molecular weight excluding hydrogens is 405 g/mol. The van der Waals surface area contributed by atoms with Gasteiger partial charge in [0.15, 0.2) is 5.84 Å². The minimum atomic E-state index is -0.382. The normalized spacial score (nSPS) is 15.7. The van der Waals surface area contributed by atoms with Crippen LogP contribution in [0.15, 0.2) is 35.6 Å². The fraction of sp³-hybridized carbons (Fsp3) is 0.429. The van der Waals surface area contributed by atoms with Gasteiger partial charge in [0, 0.05) is 38.9 Å². The van der Waals surface area contributed by atoms with Crippen LogP contribution in [0.4, 0.5) is 10.1 Å². The third-order valence-corrected chi connectivity index (χ3v) is 5.33. The molecule has 1 aromatic heterocycles. The molecule has 3 rings (SSSR count). The SMILES string of the molecule is CC(C)Cc1cc(F)c(/C(N)=N/NN)c(N2CCN(Cc3ccc(Cl)cn3)CC2)c1. The third kappa shape index (κ3) is 5.59. The van der Waals surface area contributed by atoms with Crippen LogP contribution in [0.3, 0.4) is 0 Å². The van der Waals surface area contributed by atoms with E-state index in [2.05, 4.69) is 39.3 Å². The van der Waals surface area contributed by atoms with Crippen molar-refractivity contribution in [2.24, 2.45) is 22.6 Å². The number of pyridine rings is 1. The maximum absolute atomic E-state index is 15.0. The minimum absolute atomic E-state index is 0.0360. The average molecular weight is 434 g/mol. The number of halogens is 2. The Morgan fingerprint density at radius 3 is 2.60 bits per heavy atom. The number of nitrogens with zero attached hydrogens (tertiary/aromatic N) is 4. The van der Waals surface area contributed by atoms with Crippen LogP contribution in [-0.2, 0) is 13.0 Å². The van der Waals surface area contributed by atoms with Gasteiger partial charge in [-0.3, -0.25) is 9.88 Å². The molecule has 30 heavy (non-hydrogen) atoms. The first-order chi connectivity index (χ1) is 14.4. The molecule has 162 valence electrons. The van der Waals surface area contributed by atoms with Gasteiger partial charge in [-0.25, -0.2) is 15.8 Å². The second-order valence-corrected chi connectivity index (χ2v) is 8.36. The molecule has 9 heteroatoms. The van der Waals surface area contributed by atoms with Gasteiger partial charge in [-0.1, -0.05) is 25.4 Å². The number of benzene rings is 1. The van der Waals surface area contributed by atoms with Crippen molar-refractivity contribution in [3.8, 4) is 0 Å². The zero-order chi connectivity index (χ0) is 21.7. The summed E-state index contributed by atoms with van der Waals surface area (Å²) in [6.45, 7) is 8.12. The van der Waals surface area contributed by atoms with Crippen molar-refractivity contribution in [1.29, 1.82) is 0 Å². The van der Waals surface area contributed by atoms with Crippen molar-refractivity contribution in [2.75, 3.05) is 31.1 Å². The van der Waals surface area contributed by atoms with Gasteiger partial charge < -0.3 is 10.6 Å². The van der Waals surface area contributed by atoms with Gasteiger partial charge >= 0.3 is 0 Å². The van der Waals surface area contributed by atoms with Crippen LogP contribution in [0.5, 0.6) is 0 Å². The molecule has 0 bridgehead atoms. The van der Waals surface area contributed by atoms with E-state index in [4.69, 9.17) is 23.2 Å². The Hall–Kier alpha value is -2.42. The van der Waals surface area contributed by atoms with E-state index in [1.807, 2.05) is 18.2 Å². The summed E-state index contributed by atoms with van der Waals surface area (Å²) in [4.78, 5) is 8.85. The predicted octanol–water partition coefficient (Wildman–Crippen LogP) is 2.48.